The molecule has 1 unspecified atom stereocenters. The Labute approximate surface area is 227 Å². The molecule has 1 aliphatic rings. The van der Waals surface area contributed by atoms with E-state index >= 15 is 0 Å². The van der Waals surface area contributed by atoms with Gasteiger partial charge in [0.2, 0.25) is 0 Å². The molecule has 0 aromatic heterocycles. The number of ether oxygens (including phenoxy) is 2. The summed E-state index contributed by atoms with van der Waals surface area (Å²) in [5.41, 5.74) is -4.36. The quantitative estimate of drug-likeness (QED) is 0.317. The second-order valence-corrected chi connectivity index (χ2v) is 9.14. The molecule has 1 aliphatic heterocycles. The van der Waals surface area contributed by atoms with Gasteiger partial charge in [0, 0.05) is 10.0 Å². The normalized spacial score (nSPS) is 17.0. The lowest BCUT2D eigenvalue weighted by molar-refractivity contribution is -0.148. The Morgan fingerprint density at radius 2 is 1.82 bits per heavy atom. The minimum absolute atomic E-state index is 0.0226. The molecule has 0 saturated carbocycles. The Balaban J connectivity index is 2.23. The molecule has 3 amide bonds. The van der Waals surface area contributed by atoms with Gasteiger partial charge in [-0.3, -0.25) is 4.79 Å². The van der Waals surface area contributed by atoms with Gasteiger partial charge >= 0.3 is 24.3 Å². The van der Waals surface area contributed by atoms with Crippen molar-refractivity contribution in [3.05, 3.63) is 68.8 Å². The zero-order valence-corrected chi connectivity index (χ0v) is 22.3. The van der Waals surface area contributed by atoms with E-state index < -0.39 is 46.0 Å². The minimum Gasteiger partial charge on any atom is -0.465 e. The number of alkyl halides is 3. The third-order valence-electron chi connectivity index (χ3n) is 5.50. The van der Waals surface area contributed by atoms with Gasteiger partial charge in [-0.15, -0.1) is 0 Å². The van der Waals surface area contributed by atoms with Gasteiger partial charge < -0.3 is 9.47 Å². The molecular formula is C24H18BrClF3N3O6. The summed E-state index contributed by atoms with van der Waals surface area (Å²) in [7, 11) is 1.02. The van der Waals surface area contributed by atoms with Crippen LogP contribution in [-0.4, -0.2) is 48.5 Å². The number of nitrogens with zero attached hydrogens (tertiary/aromatic N) is 3. The average molecular weight is 617 g/mol. The van der Waals surface area contributed by atoms with E-state index in [2.05, 4.69) is 21.0 Å². The summed E-state index contributed by atoms with van der Waals surface area (Å²) in [6, 6.07) is 7.15. The van der Waals surface area contributed by atoms with Crippen molar-refractivity contribution in [2.24, 2.45) is 10.5 Å². The number of carbonyl (C=O) groups excluding carboxylic acids is 4. The number of hydrazone groups is 1. The number of amides is 3. The fourth-order valence-electron chi connectivity index (χ4n) is 3.64. The third kappa shape index (κ3) is 5.17. The molecule has 0 saturated heterocycles. The van der Waals surface area contributed by atoms with Crippen LogP contribution in [0.25, 0.3) is 0 Å². The van der Waals surface area contributed by atoms with Crippen molar-refractivity contribution in [2.75, 3.05) is 18.6 Å². The van der Waals surface area contributed by atoms with Crippen LogP contribution in [0.4, 0.5) is 28.4 Å². The molecular weight excluding hydrogens is 599 g/mol. The summed E-state index contributed by atoms with van der Waals surface area (Å²) in [5.74, 6) is 0.460. The average Bonchev–Trinajstić information content (AvgIpc) is 3.17. The highest BCUT2D eigenvalue weighted by Crippen LogP contribution is 2.43. The summed E-state index contributed by atoms with van der Waals surface area (Å²) in [5, 5.41) is 3.82. The molecule has 0 N–H and O–H groups in total. The molecule has 0 spiro atoms. The molecule has 0 aliphatic carbocycles. The Morgan fingerprint density at radius 1 is 1.18 bits per heavy atom. The number of carbonyl (C=O) groups is 3. The largest absolute Gasteiger partial charge is 0.465 e. The van der Waals surface area contributed by atoms with Crippen LogP contribution in [-0.2, 0) is 25.2 Å². The monoisotopic (exact) mass is 615 g/mol. The lowest BCUT2D eigenvalue weighted by Crippen LogP contribution is -2.46. The highest BCUT2D eigenvalue weighted by molar-refractivity contribution is 9.10. The number of benzene rings is 2. The maximum atomic E-state index is 13.6. The van der Waals surface area contributed by atoms with Gasteiger partial charge in [-0.05, 0) is 50.2 Å². The lowest BCUT2D eigenvalue weighted by atomic mass is 9.79. The fourth-order valence-corrected chi connectivity index (χ4v) is 4.19. The van der Waals surface area contributed by atoms with Crippen LogP contribution in [0.5, 0.6) is 0 Å². The van der Waals surface area contributed by atoms with E-state index in [1.54, 1.807) is 0 Å². The highest BCUT2D eigenvalue weighted by atomic mass is 79.9. The molecule has 1 atom stereocenters. The van der Waals surface area contributed by atoms with Crippen molar-refractivity contribution in [3.63, 3.8) is 0 Å². The maximum Gasteiger partial charge on any atom is 0.422 e. The molecule has 0 fully saturated rings. The number of halogens is 5. The van der Waals surface area contributed by atoms with Crippen LogP contribution < -0.4 is 4.90 Å². The molecule has 0 bridgehead atoms. The number of esters is 1. The standard InChI is InChI=1S/C24H18BrClF3N3O6/c1-4-38-20(34)23(2)18(12-33)32(21(35)31(22(36)37-3)15-8-6-14(25)7-9-15)30-19(23)13-5-10-16(17(26)11-13)24(27,28)29/h5-11H,4H2,1-3H3. The van der Waals surface area contributed by atoms with E-state index in [0.717, 1.165) is 19.2 Å². The van der Waals surface area contributed by atoms with Gasteiger partial charge in [0.1, 0.15) is 5.94 Å². The first kappa shape index (κ1) is 28.9. The molecule has 38 heavy (non-hydrogen) atoms. The SMILES string of the molecule is CCOC(=O)C1(C)C(=C=O)N(C(=O)N(C(=O)OC)c2ccc(Br)cc2)N=C1c1ccc(C(F)(F)F)c(Cl)c1. The van der Waals surface area contributed by atoms with Crippen LogP contribution in [0.2, 0.25) is 5.02 Å². The van der Waals surface area contributed by atoms with Crippen molar-refractivity contribution < 1.29 is 41.8 Å². The van der Waals surface area contributed by atoms with Crippen LogP contribution >= 0.6 is 27.5 Å². The Hall–Kier alpha value is -3.67. The van der Waals surface area contributed by atoms with E-state index in [1.807, 2.05) is 0 Å². The smallest absolute Gasteiger partial charge is 0.422 e. The first-order valence-electron chi connectivity index (χ1n) is 10.7. The Kier molecular flexibility index (Phi) is 8.35. The topological polar surface area (TPSA) is 106 Å². The zero-order chi connectivity index (χ0) is 28.4. The van der Waals surface area contributed by atoms with Crippen molar-refractivity contribution in [1.29, 1.82) is 0 Å². The number of methoxy groups -OCH3 is 1. The number of hydrogen-bond acceptors (Lipinski definition) is 7. The number of hydrogen-bond donors (Lipinski definition) is 0. The van der Waals surface area contributed by atoms with Gasteiger partial charge in [0.15, 0.2) is 11.1 Å². The van der Waals surface area contributed by atoms with E-state index in [0.29, 0.717) is 20.4 Å². The van der Waals surface area contributed by atoms with Crippen LogP contribution in [0.1, 0.15) is 25.0 Å². The Morgan fingerprint density at radius 3 is 2.32 bits per heavy atom. The second kappa shape index (κ2) is 11.0. The first-order chi connectivity index (χ1) is 17.8. The predicted molar refractivity (Wildman–Crippen MR) is 133 cm³/mol. The predicted octanol–water partition coefficient (Wildman–Crippen LogP) is 5.82. The zero-order valence-electron chi connectivity index (χ0n) is 19.9. The maximum absolute atomic E-state index is 13.6. The van der Waals surface area contributed by atoms with Crippen molar-refractivity contribution >= 4 is 63.0 Å². The summed E-state index contributed by atoms with van der Waals surface area (Å²) in [4.78, 5) is 52.0. The van der Waals surface area contributed by atoms with E-state index in [9.17, 15) is 32.3 Å². The summed E-state index contributed by atoms with van der Waals surface area (Å²) in [6.07, 6.45) is -5.92. The second-order valence-electron chi connectivity index (χ2n) is 7.81. The van der Waals surface area contributed by atoms with E-state index in [4.69, 9.17) is 21.1 Å². The summed E-state index contributed by atoms with van der Waals surface area (Å²) < 4.78 is 50.2. The molecule has 3 rings (SSSR count). The molecule has 1 heterocycles. The van der Waals surface area contributed by atoms with Crippen LogP contribution in [0.15, 0.2) is 57.7 Å². The number of rotatable bonds is 4. The van der Waals surface area contributed by atoms with Gasteiger partial charge in [0.05, 0.1) is 35.7 Å². The van der Waals surface area contributed by atoms with Gasteiger partial charge in [0.25, 0.3) is 0 Å². The third-order valence-corrected chi connectivity index (χ3v) is 6.34. The molecule has 9 nitrogen and oxygen atoms in total. The lowest BCUT2D eigenvalue weighted by Gasteiger charge is -2.27. The summed E-state index contributed by atoms with van der Waals surface area (Å²) >= 11 is 9.11. The molecule has 0 radical (unpaired) electrons. The Bertz CT molecular complexity index is 1380. The van der Waals surface area contributed by atoms with Crippen molar-refractivity contribution in [3.8, 4) is 0 Å². The number of anilines is 1. The van der Waals surface area contributed by atoms with Gasteiger partial charge in [-0.1, -0.05) is 33.6 Å². The molecule has 2 aromatic rings. The number of urea groups is 1. The molecule has 200 valence electrons. The minimum atomic E-state index is -4.76. The van der Waals surface area contributed by atoms with Gasteiger partial charge in [-0.2, -0.15) is 28.2 Å². The van der Waals surface area contributed by atoms with Crippen molar-refractivity contribution in [1.82, 2.24) is 5.01 Å². The number of imide groups is 1. The highest BCUT2D eigenvalue weighted by Gasteiger charge is 2.55. The molecule has 2 aromatic carbocycles. The fraction of sp³-hybridized carbons (Fsp3) is 0.250. The first-order valence-corrected chi connectivity index (χ1v) is 11.8. The van der Waals surface area contributed by atoms with E-state index in [-0.39, 0.29) is 23.6 Å². The van der Waals surface area contributed by atoms with Crippen molar-refractivity contribution in [2.45, 2.75) is 20.0 Å². The molecule has 14 heteroatoms. The summed E-state index contributed by atoms with van der Waals surface area (Å²) in [6.45, 7) is 2.54. The van der Waals surface area contributed by atoms with E-state index in [1.165, 1.54) is 44.1 Å². The van der Waals surface area contributed by atoms with Crippen LogP contribution in [0.3, 0.4) is 0 Å². The van der Waals surface area contributed by atoms with Crippen LogP contribution in [0, 0.1) is 5.41 Å². The van der Waals surface area contributed by atoms with Gasteiger partial charge in [-0.25, -0.2) is 14.4 Å².